The summed E-state index contributed by atoms with van der Waals surface area (Å²) in [4.78, 5) is 4.78. The lowest BCUT2D eigenvalue weighted by Crippen LogP contribution is -2.14. The van der Waals surface area contributed by atoms with E-state index in [0.717, 1.165) is 6.54 Å². The summed E-state index contributed by atoms with van der Waals surface area (Å²) in [6, 6.07) is 0. The summed E-state index contributed by atoms with van der Waals surface area (Å²) in [6.45, 7) is 3.04. The molecule has 0 atom stereocenters. The first kappa shape index (κ1) is 11.6. The van der Waals surface area contributed by atoms with Crippen LogP contribution in [0.5, 0.6) is 0 Å². The van der Waals surface area contributed by atoms with E-state index in [0.29, 0.717) is 5.92 Å². The van der Waals surface area contributed by atoms with Gasteiger partial charge >= 0.3 is 0 Å². The Hall–Kier alpha value is -0.830. The fraction of sp³-hybridized carbons (Fsp3) is 0.769. The fourth-order valence-corrected chi connectivity index (χ4v) is 2.83. The van der Waals surface area contributed by atoms with Crippen LogP contribution in [0.1, 0.15) is 55.2 Å². The summed E-state index contributed by atoms with van der Waals surface area (Å²) in [5, 5.41) is 3.22. The van der Waals surface area contributed by atoms with Gasteiger partial charge in [0.2, 0.25) is 0 Å². The van der Waals surface area contributed by atoms with Gasteiger partial charge in [0.1, 0.15) is 5.82 Å². The van der Waals surface area contributed by atoms with E-state index in [1.165, 1.54) is 49.3 Å². The molecule has 1 saturated carbocycles. The number of rotatable bonds is 3. The predicted molar refractivity (Wildman–Crippen MR) is 66.5 cm³/mol. The second kappa shape index (κ2) is 5.00. The molecule has 1 aromatic heterocycles. The molecule has 0 amide bonds. The highest BCUT2D eigenvalue weighted by molar-refractivity contribution is 5.18. The predicted octanol–water partition coefficient (Wildman–Crippen LogP) is 2.50. The van der Waals surface area contributed by atoms with E-state index < -0.39 is 0 Å². The van der Waals surface area contributed by atoms with Crippen LogP contribution in [0.25, 0.3) is 0 Å². The molecule has 0 saturated heterocycles. The quantitative estimate of drug-likeness (QED) is 0.850. The maximum Gasteiger partial charge on any atom is 0.112 e. The van der Waals surface area contributed by atoms with E-state index in [-0.39, 0.29) is 0 Å². The van der Waals surface area contributed by atoms with Crippen molar-refractivity contribution >= 4 is 0 Å². The van der Waals surface area contributed by atoms with Gasteiger partial charge in [-0.2, -0.15) is 0 Å². The van der Waals surface area contributed by atoms with Crippen molar-refractivity contribution in [2.75, 3.05) is 7.05 Å². The van der Waals surface area contributed by atoms with Gasteiger partial charge in [-0.05, 0) is 26.8 Å². The molecule has 1 heterocycles. The molecule has 1 aromatic rings. The maximum atomic E-state index is 4.78. The molecule has 0 bridgehead atoms. The Balaban J connectivity index is 2.23. The van der Waals surface area contributed by atoms with Crippen molar-refractivity contribution in [2.45, 2.75) is 51.5 Å². The maximum absolute atomic E-state index is 4.78. The van der Waals surface area contributed by atoms with Gasteiger partial charge in [-0.15, -0.1) is 0 Å². The zero-order valence-corrected chi connectivity index (χ0v) is 10.7. The first-order valence-electron chi connectivity index (χ1n) is 6.40. The van der Waals surface area contributed by atoms with Crippen molar-refractivity contribution in [3.63, 3.8) is 0 Å². The minimum absolute atomic E-state index is 0.697. The number of imidazole rings is 1. The smallest absolute Gasteiger partial charge is 0.112 e. The van der Waals surface area contributed by atoms with Crippen molar-refractivity contribution in [3.8, 4) is 0 Å². The van der Waals surface area contributed by atoms with Gasteiger partial charge < -0.3 is 9.88 Å². The van der Waals surface area contributed by atoms with E-state index >= 15 is 0 Å². The molecule has 0 spiro atoms. The van der Waals surface area contributed by atoms with E-state index in [4.69, 9.17) is 4.98 Å². The van der Waals surface area contributed by atoms with Crippen molar-refractivity contribution in [3.05, 3.63) is 17.2 Å². The highest BCUT2D eigenvalue weighted by atomic mass is 15.1. The number of hydrogen-bond acceptors (Lipinski definition) is 2. The Morgan fingerprint density at radius 3 is 2.62 bits per heavy atom. The average molecular weight is 221 g/mol. The first-order chi connectivity index (χ1) is 7.74. The standard InChI is InChI=1S/C13H23N3/c1-10-12(9-14-2)16(3)13(15-10)11-7-5-4-6-8-11/h11,14H,4-9H2,1-3H3. The minimum atomic E-state index is 0.697. The molecule has 16 heavy (non-hydrogen) atoms. The van der Waals surface area contributed by atoms with Crippen LogP contribution < -0.4 is 5.32 Å². The Labute approximate surface area is 98.3 Å². The van der Waals surface area contributed by atoms with Gasteiger partial charge in [-0.3, -0.25) is 0 Å². The molecule has 1 N–H and O–H groups in total. The van der Waals surface area contributed by atoms with Crippen molar-refractivity contribution in [1.29, 1.82) is 0 Å². The summed E-state index contributed by atoms with van der Waals surface area (Å²) in [7, 11) is 4.16. The molecule has 1 aliphatic rings. The van der Waals surface area contributed by atoms with Gasteiger partial charge in [0, 0.05) is 19.5 Å². The summed E-state index contributed by atoms with van der Waals surface area (Å²) in [5.74, 6) is 2.01. The highest BCUT2D eigenvalue weighted by Crippen LogP contribution is 2.32. The van der Waals surface area contributed by atoms with Crippen molar-refractivity contribution < 1.29 is 0 Å². The summed E-state index contributed by atoms with van der Waals surface area (Å²) < 4.78 is 2.31. The molecule has 3 heteroatoms. The summed E-state index contributed by atoms with van der Waals surface area (Å²) in [6.07, 6.45) is 6.80. The zero-order valence-electron chi connectivity index (χ0n) is 10.7. The molecule has 0 radical (unpaired) electrons. The Morgan fingerprint density at radius 2 is 2.00 bits per heavy atom. The van der Waals surface area contributed by atoms with Crippen molar-refractivity contribution in [2.24, 2.45) is 7.05 Å². The summed E-state index contributed by atoms with van der Waals surface area (Å²) >= 11 is 0. The van der Waals surface area contributed by atoms with E-state index in [1.807, 2.05) is 7.05 Å². The van der Waals surface area contributed by atoms with Crippen LogP contribution in [-0.4, -0.2) is 16.6 Å². The Bertz CT molecular complexity index is 348. The minimum Gasteiger partial charge on any atom is -0.333 e. The van der Waals surface area contributed by atoms with Crippen LogP contribution in [0.2, 0.25) is 0 Å². The number of aryl methyl sites for hydroxylation is 1. The lowest BCUT2D eigenvalue weighted by atomic mass is 9.89. The van der Waals surface area contributed by atoms with E-state index in [9.17, 15) is 0 Å². The van der Waals surface area contributed by atoms with Gasteiger partial charge in [-0.25, -0.2) is 4.98 Å². The van der Waals surface area contributed by atoms with Gasteiger partial charge in [0.25, 0.3) is 0 Å². The molecule has 3 nitrogen and oxygen atoms in total. The van der Waals surface area contributed by atoms with Crippen LogP contribution in [0.3, 0.4) is 0 Å². The van der Waals surface area contributed by atoms with Gasteiger partial charge in [0.15, 0.2) is 0 Å². The first-order valence-corrected chi connectivity index (χ1v) is 6.40. The highest BCUT2D eigenvalue weighted by Gasteiger charge is 2.21. The largest absolute Gasteiger partial charge is 0.333 e. The third-order valence-electron chi connectivity index (χ3n) is 3.76. The molecule has 0 aromatic carbocycles. The molecule has 90 valence electrons. The van der Waals surface area contributed by atoms with Crippen LogP contribution in [0.15, 0.2) is 0 Å². The summed E-state index contributed by atoms with van der Waals surface area (Å²) in [5.41, 5.74) is 2.53. The molecule has 2 rings (SSSR count). The molecule has 1 aliphatic carbocycles. The van der Waals surface area contributed by atoms with Crippen molar-refractivity contribution in [1.82, 2.24) is 14.9 Å². The number of hydrogen-bond donors (Lipinski definition) is 1. The van der Waals surface area contributed by atoms with Crippen LogP contribution in [-0.2, 0) is 13.6 Å². The Kier molecular flexibility index (Phi) is 3.64. The fourth-order valence-electron chi connectivity index (χ4n) is 2.83. The monoisotopic (exact) mass is 221 g/mol. The third kappa shape index (κ3) is 2.14. The zero-order chi connectivity index (χ0) is 11.5. The van der Waals surface area contributed by atoms with Crippen LogP contribution in [0.4, 0.5) is 0 Å². The topological polar surface area (TPSA) is 29.9 Å². The SMILES string of the molecule is CNCc1c(C)nc(C2CCCCC2)n1C. The van der Waals surface area contributed by atoms with Gasteiger partial charge in [-0.1, -0.05) is 19.3 Å². The lowest BCUT2D eigenvalue weighted by Gasteiger charge is -2.21. The number of nitrogens with one attached hydrogen (secondary N) is 1. The molecular weight excluding hydrogens is 198 g/mol. The van der Waals surface area contributed by atoms with Gasteiger partial charge in [0.05, 0.1) is 11.4 Å². The third-order valence-corrected chi connectivity index (χ3v) is 3.76. The molecule has 1 fully saturated rings. The second-order valence-corrected chi connectivity index (χ2v) is 4.93. The molecular formula is C13H23N3. The number of aromatic nitrogens is 2. The van der Waals surface area contributed by atoms with Crippen LogP contribution in [0, 0.1) is 6.92 Å². The lowest BCUT2D eigenvalue weighted by molar-refractivity contribution is 0.420. The average Bonchev–Trinajstić information content (AvgIpc) is 2.59. The van der Waals surface area contributed by atoms with E-state index in [1.54, 1.807) is 0 Å². The molecule has 0 aliphatic heterocycles. The van der Waals surface area contributed by atoms with E-state index in [2.05, 4.69) is 23.9 Å². The second-order valence-electron chi connectivity index (χ2n) is 4.93. The molecule has 0 unspecified atom stereocenters. The normalized spacial score (nSPS) is 17.9. The van der Waals surface area contributed by atoms with Crippen LogP contribution >= 0.6 is 0 Å². The number of nitrogens with zero attached hydrogens (tertiary/aromatic N) is 2. The Morgan fingerprint density at radius 1 is 1.31 bits per heavy atom.